The number of ether oxygens (including phenoxy) is 3. The minimum atomic E-state index is -0.0933. The molecule has 132 valence electrons. The van der Waals surface area contributed by atoms with Crippen LogP contribution < -0.4 is 14.2 Å². The smallest absolute Gasteiger partial charge is 0.257 e. The third-order valence-electron chi connectivity index (χ3n) is 4.14. The van der Waals surface area contributed by atoms with Crippen LogP contribution in [0.1, 0.15) is 23.2 Å². The molecule has 2 aromatic rings. The lowest BCUT2D eigenvalue weighted by atomic mass is 10.1. The quantitative estimate of drug-likeness (QED) is 0.828. The number of likely N-dealkylation sites (tertiary alicyclic amines) is 1. The van der Waals surface area contributed by atoms with E-state index < -0.39 is 0 Å². The van der Waals surface area contributed by atoms with E-state index >= 15 is 0 Å². The van der Waals surface area contributed by atoms with Crippen molar-refractivity contribution < 1.29 is 19.0 Å². The van der Waals surface area contributed by atoms with Crippen LogP contribution in [0.2, 0.25) is 0 Å². The molecule has 25 heavy (non-hydrogen) atoms. The second-order valence-electron chi connectivity index (χ2n) is 5.72. The van der Waals surface area contributed by atoms with Crippen molar-refractivity contribution in [2.24, 2.45) is 0 Å². The van der Waals surface area contributed by atoms with Crippen LogP contribution in [0.3, 0.4) is 0 Å². The summed E-state index contributed by atoms with van der Waals surface area (Å²) >= 11 is 0. The van der Waals surface area contributed by atoms with Crippen molar-refractivity contribution in [1.82, 2.24) is 14.9 Å². The maximum absolute atomic E-state index is 13.0. The first-order valence-corrected chi connectivity index (χ1v) is 8.16. The number of methoxy groups -OCH3 is 2. The van der Waals surface area contributed by atoms with Gasteiger partial charge in [-0.25, -0.2) is 9.97 Å². The summed E-state index contributed by atoms with van der Waals surface area (Å²) in [6.07, 6.45) is 4.73. The van der Waals surface area contributed by atoms with E-state index in [0.717, 1.165) is 12.8 Å². The Kier molecular flexibility index (Phi) is 5.33. The average molecular weight is 343 g/mol. The van der Waals surface area contributed by atoms with Gasteiger partial charge in [0.1, 0.15) is 12.4 Å². The van der Waals surface area contributed by atoms with Crippen LogP contribution in [-0.4, -0.2) is 54.2 Å². The van der Waals surface area contributed by atoms with Gasteiger partial charge in [-0.15, -0.1) is 0 Å². The standard InChI is InChI=1S/C18H21N3O4/c1-23-15-7-3-6-14(17(15)24-2)18(22)21-10-4-5-13(11-21)25-16-8-9-19-12-20-16/h3,6-9,12-13H,4-5,10-11H2,1-2H3. The van der Waals surface area contributed by atoms with E-state index in [2.05, 4.69) is 9.97 Å². The minimum Gasteiger partial charge on any atom is -0.493 e. The SMILES string of the molecule is COc1cccc(C(=O)N2CCCC(Oc3ccncn3)C2)c1OC. The van der Waals surface area contributed by atoms with Crippen LogP contribution >= 0.6 is 0 Å². The van der Waals surface area contributed by atoms with Gasteiger partial charge in [0.25, 0.3) is 5.91 Å². The Morgan fingerprint density at radius 2 is 2.12 bits per heavy atom. The van der Waals surface area contributed by atoms with Gasteiger partial charge in [-0.3, -0.25) is 4.79 Å². The molecule has 2 heterocycles. The first-order valence-electron chi connectivity index (χ1n) is 8.16. The summed E-state index contributed by atoms with van der Waals surface area (Å²) < 4.78 is 16.5. The zero-order valence-corrected chi connectivity index (χ0v) is 14.3. The van der Waals surface area contributed by atoms with Crippen LogP contribution in [0.5, 0.6) is 17.4 Å². The summed E-state index contributed by atoms with van der Waals surface area (Å²) in [6, 6.07) is 7.02. The summed E-state index contributed by atoms with van der Waals surface area (Å²) in [7, 11) is 3.09. The average Bonchev–Trinajstić information content (AvgIpc) is 2.67. The second kappa shape index (κ2) is 7.83. The number of piperidine rings is 1. The van der Waals surface area contributed by atoms with E-state index in [0.29, 0.717) is 36.0 Å². The van der Waals surface area contributed by atoms with Crippen LogP contribution in [0.25, 0.3) is 0 Å². The third kappa shape index (κ3) is 3.81. The van der Waals surface area contributed by atoms with Gasteiger partial charge in [-0.05, 0) is 25.0 Å². The van der Waals surface area contributed by atoms with Crippen LogP contribution in [0.4, 0.5) is 0 Å². The molecule has 1 aromatic heterocycles. The van der Waals surface area contributed by atoms with Crippen molar-refractivity contribution in [1.29, 1.82) is 0 Å². The number of hydrogen-bond acceptors (Lipinski definition) is 6. The molecule has 0 radical (unpaired) electrons. The summed E-state index contributed by atoms with van der Waals surface area (Å²) in [4.78, 5) is 22.7. The van der Waals surface area contributed by atoms with E-state index in [1.165, 1.54) is 13.4 Å². The van der Waals surface area contributed by atoms with Crippen molar-refractivity contribution in [2.45, 2.75) is 18.9 Å². The first kappa shape index (κ1) is 17.0. The van der Waals surface area contributed by atoms with Gasteiger partial charge in [-0.1, -0.05) is 6.07 Å². The summed E-state index contributed by atoms with van der Waals surface area (Å²) in [5, 5.41) is 0. The number of benzene rings is 1. The lowest BCUT2D eigenvalue weighted by Gasteiger charge is -2.33. The molecule has 1 saturated heterocycles. The van der Waals surface area contributed by atoms with Gasteiger partial charge in [0, 0.05) is 18.8 Å². The highest BCUT2D eigenvalue weighted by atomic mass is 16.5. The summed E-state index contributed by atoms with van der Waals surface area (Å²) in [5.74, 6) is 1.42. The van der Waals surface area contributed by atoms with Crippen molar-refractivity contribution in [2.75, 3.05) is 27.3 Å². The topological polar surface area (TPSA) is 73.8 Å². The molecule has 0 spiro atoms. The molecule has 1 aliphatic rings. The molecule has 1 fully saturated rings. The molecule has 0 aliphatic carbocycles. The predicted octanol–water partition coefficient (Wildman–Crippen LogP) is 2.18. The van der Waals surface area contributed by atoms with Gasteiger partial charge < -0.3 is 19.1 Å². The Balaban J connectivity index is 1.74. The molecule has 1 aliphatic heterocycles. The third-order valence-corrected chi connectivity index (χ3v) is 4.14. The molecule has 1 unspecified atom stereocenters. The lowest BCUT2D eigenvalue weighted by molar-refractivity contribution is 0.0524. The second-order valence-corrected chi connectivity index (χ2v) is 5.72. The molecule has 0 N–H and O–H groups in total. The molecule has 1 amide bonds. The van der Waals surface area contributed by atoms with Gasteiger partial charge in [0.2, 0.25) is 5.88 Å². The fraction of sp³-hybridized carbons (Fsp3) is 0.389. The van der Waals surface area contributed by atoms with Crippen LogP contribution in [0.15, 0.2) is 36.8 Å². The number of aromatic nitrogens is 2. The molecular weight excluding hydrogens is 322 g/mol. The molecule has 1 atom stereocenters. The van der Waals surface area contributed by atoms with E-state index in [1.807, 2.05) is 0 Å². The predicted molar refractivity (Wildman–Crippen MR) is 91.1 cm³/mol. The number of carbonyl (C=O) groups is 1. The summed E-state index contributed by atoms with van der Waals surface area (Å²) in [6.45, 7) is 1.19. The van der Waals surface area contributed by atoms with Gasteiger partial charge in [0.15, 0.2) is 11.5 Å². The maximum atomic E-state index is 13.0. The highest BCUT2D eigenvalue weighted by molar-refractivity contribution is 5.98. The maximum Gasteiger partial charge on any atom is 0.257 e. The highest BCUT2D eigenvalue weighted by Crippen LogP contribution is 2.32. The number of rotatable bonds is 5. The van der Waals surface area contributed by atoms with Gasteiger partial charge >= 0.3 is 0 Å². The summed E-state index contributed by atoms with van der Waals surface area (Å²) in [5.41, 5.74) is 0.490. The molecular formula is C18H21N3O4. The monoisotopic (exact) mass is 343 g/mol. The van der Waals surface area contributed by atoms with Crippen LogP contribution in [0, 0.1) is 0 Å². The number of hydrogen-bond donors (Lipinski definition) is 0. The molecule has 0 bridgehead atoms. The molecule has 0 saturated carbocycles. The molecule has 7 heteroatoms. The number of para-hydroxylation sites is 1. The highest BCUT2D eigenvalue weighted by Gasteiger charge is 2.28. The van der Waals surface area contributed by atoms with E-state index in [4.69, 9.17) is 14.2 Å². The van der Waals surface area contributed by atoms with Crippen LogP contribution in [-0.2, 0) is 0 Å². The Bertz CT molecular complexity index is 724. The van der Waals surface area contributed by atoms with Crippen molar-refractivity contribution in [3.8, 4) is 17.4 Å². The molecule has 1 aromatic carbocycles. The Hall–Kier alpha value is -2.83. The van der Waals surface area contributed by atoms with Crippen molar-refractivity contribution >= 4 is 5.91 Å². The number of amides is 1. The minimum absolute atomic E-state index is 0.0910. The number of nitrogens with zero attached hydrogens (tertiary/aromatic N) is 3. The van der Waals surface area contributed by atoms with Crippen molar-refractivity contribution in [3.63, 3.8) is 0 Å². The Labute approximate surface area is 146 Å². The molecule has 3 rings (SSSR count). The molecule has 7 nitrogen and oxygen atoms in total. The van der Waals surface area contributed by atoms with Gasteiger partial charge in [0.05, 0.1) is 26.3 Å². The normalized spacial score (nSPS) is 17.0. The zero-order valence-electron chi connectivity index (χ0n) is 14.3. The zero-order chi connectivity index (χ0) is 17.6. The largest absolute Gasteiger partial charge is 0.493 e. The number of carbonyl (C=O) groups excluding carboxylic acids is 1. The van der Waals surface area contributed by atoms with Gasteiger partial charge in [-0.2, -0.15) is 0 Å². The van der Waals surface area contributed by atoms with E-state index in [1.54, 1.807) is 42.5 Å². The lowest BCUT2D eigenvalue weighted by Crippen LogP contribution is -2.44. The Morgan fingerprint density at radius 3 is 2.84 bits per heavy atom. The van der Waals surface area contributed by atoms with Crippen molar-refractivity contribution in [3.05, 3.63) is 42.4 Å². The fourth-order valence-corrected chi connectivity index (χ4v) is 2.96. The first-order chi connectivity index (χ1) is 12.2. The van der Waals surface area contributed by atoms with E-state index in [9.17, 15) is 4.79 Å². The fourth-order valence-electron chi connectivity index (χ4n) is 2.96. The Morgan fingerprint density at radius 1 is 1.24 bits per heavy atom. The van der Waals surface area contributed by atoms with E-state index in [-0.39, 0.29) is 12.0 Å².